The maximum atomic E-state index is 11.3. The second kappa shape index (κ2) is 7.03. The average molecular weight is 348 g/mol. The van der Waals surface area contributed by atoms with Gasteiger partial charge in [-0.3, -0.25) is 0 Å². The molecule has 0 radical (unpaired) electrons. The highest BCUT2D eigenvalue weighted by atomic mass is 32.2. The van der Waals surface area contributed by atoms with Crippen LogP contribution in [0, 0.1) is 6.92 Å². The van der Waals surface area contributed by atoms with E-state index >= 15 is 0 Å². The number of aryl methyl sites for hydroxylation is 1. The van der Waals surface area contributed by atoms with Crippen molar-refractivity contribution < 1.29 is 8.42 Å². The van der Waals surface area contributed by atoms with Gasteiger partial charge in [0.2, 0.25) is 10.0 Å². The normalized spacial score (nSPS) is 15.9. The standard InChI is InChI=1S/C17H24N4O2S/c1-13-7-3-6-10-15(13)21-16(11-12-18-24(2,22)23)19-17(20-21)14-8-4-5-9-14/h3,6-7,10,14,18H,4-5,8-9,11-12H2,1-2H3. The molecule has 7 heteroatoms. The quantitative estimate of drug-likeness (QED) is 0.869. The summed E-state index contributed by atoms with van der Waals surface area (Å²) in [4.78, 5) is 4.75. The van der Waals surface area contributed by atoms with Crippen molar-refractivity contribution in [1.29, 1.82) is 0 Å². The van der Waals surface area contributed by atoms with Crippen LogP contribution in [0.25, 0.3) is 5.69 Å². The number of sulfonamides is 1. The molecule has 1 aliphatic rings. The molecule has 2 aromatic rings. The molecule has 0 unspecified atom stereocenters. The van der Waals surface area contributed by atoms with Crippen molar-refractivity contribution in [3.63, 3.8) is 0 Å². The van der Waals surface area contributed by atoms with Gasteiger partial charge in [-0.15, -0.1) is 0 Å². The van der Waals surface area contributed by atoms with Gasteiger partial charge in [0.1, 0.15) is 5.82 Å². The number of para-hydroxylation sites is 1. The lowest BCUT2D eigenvalue weighted by Crippen LogP contribution is -2.25. The lowest BCUT2D eigenvalue weighted by Gasteiger charge is -2.09. The Bertz CT molecular complexity index is 808. The number of nitrogens with one attached hydrogen (secondary N) is 1. The van der Waals surface area contributed by atoms with Gasteiger partial charge in [-0.1, -0.05) is 31.0 Å². The fourth-order valence-corrected chi connectivity index (χ4v) is 3.70. The Hall–Kier alpha value is -1.73. The van der Waals surface area contributed by atoms with Crippen molar-refractivity contribution in [2.75, 3.05) is 12.8 Å². The van der Waals surface area contributed by atoms with Crippen molar-refractivity contribution in [3.05, 3.63) is 41.5 Å². The average Bonchev–Trinajstić information content (AvgIpc) is 3.15. The second-order valence-electron chi connectivity index (χ2n) is 6.48. The molecule has 0 atom stereocenters. The van der Waals surface area contributed by atoms with Crippen LogP contribution in [0.3, 0.4) is 0 Å². The molecule has 130 valence electrons. The Balaban J connectivity index is 1.91. The van der Waals surface area contributed by atoms with Crippen LogP contribution in [-0.4, -0.2) is 36.0 Å². The second-order valence-corrected chi connectivity index (χ2v) is 8.32. The number of aromatic nitrogens is 3. The third-order valence-electron chi connectivity index (χ3n) is 4.47. The molecule has 24 heavy (non-hydrogen) atoms. The van der Waals surface area contributed by atoms with Gasteiger partial charge in [-0.25, -0.2) is 22.8 Å². The maximum absolute atomic E-state index is 11.3. The maximum Gasteiger partial charge on any atom is 0.208 e. The minimum atomic E-state index is -3.20. The van der Waals surface area contributed by atoms with Crippen molar-refractivity contribution in [2.24, 2.45) is 0 Å². The molecule has 0 saturated heterocycles. The zero-order chi connectivity index (χ0) is 17.2. The molecule has 1 aromatic carbocycles. The molecule has 1 fully saturated rings. The van der Waals surface area contributed by atoms with Gasteiger partial charge in [-0.2, -0.15) is 5.10 Å². The summed E-state index contributed by atoms with van der Waals surface area (Å²) in [5.41, 5.74) is 2.13. The van der Waals surface area contributed by atoms with E-state index in [2.05, 4.69) is 4.72 Å². The van der Waals surface area contributed by atoms with E-state index in [1.165, 1.54) is 19.1 Å². The van der Waals surface area contributed by atoms with Crippen molar-refractivity contribution in [2.45, 2.75) is 44.9 Å². The third-order valence-corrected chi connectivity index (χ3v) is 5.20. The van der Waals surface area contributed by atoms with Gasteiger partial charge in [0.15, 0.2) is 5.82 Å². The zero-order valence-corrected chi connectivity index (χ0v) is 15.0. The lowest BCUT2D eigenvalue weighted by atomic mass is 10.1. The van der Waals surface area contributed by atoms with E-state index in [0.29, 0.717) is 18.9 Å². The van der Waals surface area contributed by atoms with Crippen LogP contribution in [0.5, 0.6) is 0 Å². The highest BCUT2D eigenvalue weighted by molar-refractivity contribution is 7.88. The van der Waals surface area contributed by atoms with Gasteiger partial charge in [0, 0.05) is 18.9 Å². The Kier molecular flexibility index (Phi) is 5.01. The molecular weight excluding hydrogens is 324 g/mol. The molecule has 0 spiro atoms. The molecule has 1 saturated carbocycles. The molecule has 0 aliphatic heterocycles. The first kappa shape index (κ1) is 17.1. The minimum Gasteiger partial charge on any atom is -0.217 e. The summed E-state index contributed by atoms with van der Waals surface area (Å²) >= 11 is 0. The van der Waals surface area contributed by atoms with Gasteiger partial charge in [0.05, 0.1) is 11.9 Å². The van der Waals surface area contributed by atoms with E-state index in [4.69, 9.17) is 10.1 Å². The molecule has 1 heterocycles. The fraction of sp³-hybridized carbons (Fsp3) is 0.529. The summed E-state index contributed by atoms with van der Waals surface area (Å²) in [6, 6.07) is 8.05. The Labute approximate surface area is 143 Å². The highest BCUT2D eigenvalue weighted by Crippen LogP contribution is 2.32. The van der Waals surface area contributed by atoms with Gasteiger partial charge in [-0.05, 0) is 31.4 Å². The van der Waals surface area contributed by atoms with Crippen molar-refractivity contribution in [3.8, 4) is 5.69 Å². The van der Waals surface area contributed by atoms with Crippen LogP contribution in [0.2, 0.25) is 0 Å². The molecule has 1 aromatic heterocycles. The first-order valence-electron chi connectivity index (χ1n) is 8.40. The van der Waals surface area contributed by atoms with Gasteiger partial charge in [0.25, 0.3) is 0 Å². The summed E-state index contributed by atoms with van der Waals surface area (Å²) in [7, 11) is -3.20. The van der Waals surface area contributed by atoms with E-state index in [9.17, 15) is 8.42 Å². The predicted molar refractivity (Wildman–Crippen MR) is 93.9 cm³/mol. The summed E-state index contributed by atoms with van der Waals surface area (Å²) in [5.74, 6) is 2.13. The molecule has 0 amide bonds. The van der Waals surface area contributed by atoms with E-state index in [1.807, 2.05) is 35.9 Å². The molecule has 6 nitrogen and oxygen atoms in total. The Morgan fingerprint density at radius 1 is 1.25 bits per heavy atom. The Morgan fingerprint density at radius 2 is 1.96 bits per heavy atom. The summed E-state index contributed by atoms with van der Waals surface area (Å²) in [6.07, 6.45) is 6.42. The van der Waals surface area contributed by atoms with Crippen molar-refractivity contribution >= 4 is 10.0 Å². The van der Waals surface area contributed by atoms with Crippen LogP contribution in [0.1, 0.15) is 48.8 Å². The largest absolute Gasteiger partial charge is 0.217 e. The lowest BCUT2D eigenvalue weighted by molar-refractivity contribution is 0.586. The summed E-state index contributed by atoms with van der Waals surface area (Å²) in [5, 5.41) is 4.77. The van der Waals surface area contributed by atoms with E-state index in [1.54, 1.807) is 0 Å². The number of rotatable bonds is 6. The molecule has 3 rings (SSSR count). The molecule has 1 N–H and O–H groups in total. The van der Waals surface area contributed by atoms with E-state index < -0.39 is 10.0 Å². The number of hydrogen-bond acceptors (Lipinski definition) is 4. The van der Waals surface area contributed by atoms with E-state index in [0.717, 1.165) is 35.7 Å². The van der Waals surface area contributed by atoms with Gasteiger partial charge >= 0.3 is 0 Å². The number of hydrogen-bond donors (Lipinski definition) is 1. The minimum absolute atomic E-state index is 0.327. The SMILES string of the molecule is Cc1ccccc1-n1nc(C2CCCC2)nc1CCNS(C)(=O)=O. The number of benzene rings is 1. The van der Waals surface area contributed by atoms with Crippen LogP contribution in [-0.2, 0) is 16.4 Å². The van der Waals surface area contributed by atoms with Crippen molar-refractivity contribution in [1.82, 2.24) is 19.5 Å². The Morgan fingerprint density at radius 3 is 2.62 bits per heavy atom. The first-order valence-corrected chi connectivity index (χ1v) is 10.3. The molecular formula is C17H24N4O2S. The van der Waals surface area contributed by atoms with Crippen LogP contribution in [0.4, 0.5) is 0 Å². The summed E-state index contributed by atoms with van der Waals surface area (Å²) < 4.78 is 27.0. The number of nitrogens with zero attached hydrogens (tertiary/aromatic N) is 3. The monoisotopic (exact) mass is 348 g/mol. The van der Waals surface area contributed by atoms with Gasteiger partial charge < -0.3 is 0 Å². The van der Waals surface area contributed by atoms with Crippen LogP contribution < -0.4 is 4.72 Å². The first-order chi connectivity index (χ1) is 11.4. The highest BCUT2D eigenvalue weighted by Gasteiger charge is 2.23. The zero-order valence-electron chi connectivity index (χ0n) is 14.2. The van der Waals surface area contributed by atoms with Crippen LogP contribution in [0.15, 0.2) is 24.3 Å². The smallest absolute Gasteiger partial charge is 0.208 e. The fourth-order valence-electron chi connectivity index (χ4n) is 3.22. The van der Waals surface area contributed by atoms with Crippen LogP contribution >= 0.6 is 0 Å². The van der Waals surface area contributed by atoms with E-state index in [-0.39, 0.29) is 0 Å². The third kappa shape index (κ3) is 4.02. The predicted octanol–water partition coefficient (Wildman–Crippen LogP) is 2.33. The topological polar surface area (TPSA) is 76.9 Å². The molecule has 0 bridgehead atoms. The summed E-state index contributed by atoms with van der Waals surface area (Å²) in [6.45, 7) is 2.37. The molecule has 1 aliphatic carbocycles.